The molecule has 2 rings (SSSR count). The third-order valence-corrected chi connectivity index (χ3v) is 5.12. The Balaban J connectivity index is 1.93. The zero-order valence-electron chi connectivity index (χ0n) is 12.4. The molecule has 0 aliphatic carbocycles. The Morgan fingerprint density at radius 1 is 1.29 bits per heavy atom. The molecule has 0 radical (unpaired) electrons. The second-order valence-corrected chi connectivity index (χ2v) is 8.23. The summed E-state index contributed by atoms with van der Waals surface area (Å²) in [5.74, 6) is 0. The molecule has 0 aliphatic rings. The normalized spacial score (nSPS) is 11.9. The highest BCUT2D eigenvalue weighted by Gasteiger charge is 2.10. The van der Waals surface area contributed by atoms with Crippen LogP contribution in [-0.4, -0.2) is 22.3 Å². The highest BCUT2D eigenvalue weighted by atomic mass is 79.9. The van der Waals surface area contributed by atoms with Crippen LogP contribution >= 0.6 is 38.9 Å². The lowest BCUT2D eigenvalue weighted by Gasteiger charge is -2.20. The quantitative estimate of drug-likeness (QED) is 0.737. The molecule has 3 nitrogen and oxygen atoms in total. The van der Waals surface area contributed by atoms with E-state index in [9.17, 15) is 0 Å². The number of aryl methyl sites for hydroxylation is 1. The molecule has 0 unspecified atom stereocenters. The highest BCUT2D eigenvalue weighted by molar-refractivity contribution is 9.10. The summed E-state index contributed by atoms with van der Waals surface area (Å²) in [5.41, 5.74) is 1.18. The molecule has 1 aromatic heterocycles. The van der Waals surface area contributed by atoms with E-state index in [4.69, 9.17) is 11.6 Å². The van der Waals surface area contributed by atoms with E-state index in [2.05, 4.69) is 52.2 Å². The van der Waals surface area contributed by atoms with Crippen molar-refractivity contribution < 1.29 is 0 Å². The Morgan fingerprint density at radius 3 is 2.71 bits per heavy atom. The van der Waals surface area contributed by atoms with Crippen LogP contribution in [0.4, 0.5) is 0 Å². The van der Waals surface area contributed by atoms with Crippen LogP contribution in [0.5, 0.6) is 0 Å². The molecule has 1 N–H and O–H groups in total. The molecule has 21 heavy (non-hydrogen) atoms. The molecule has 6 heteroatoms. The van der Waals surface area contributed by atoms with Gasteiger partial charge in [0.2, 0.25) is 0 Å². The van der Waals surface area contributed by atoms with Crippen LogP contribution in [0.15, 0.2) is 22.7 Å². The predicted molar refractivity (Wildman–Crippen MR) is 94.1 cm³/mol. The lowest BCUT2D eigenvalue weighted by Crippen LogP contribution is -2.36. The van der Waals surface area contributed by atoms with Crippen LogP contribution in [0.2, 0.25) is 5.02 Å². The van der Waals surface area contributed by atoms with Crippen LogP contribution in [0.25, 0.3) is 10.6 Å². The van der Waals surface area contributed by atoms with Crippen molar-refractivity contribution >= 4 is 38.9 Å². The number of aromatic nitrogens is 2. The third kappa shape index (κ3) is 5.33. The van der Waals surface area contributed by atoms with E-state index in [1.165, 1.54) is 0 Å². The fraction of sp³-hybridized carbons (Fsp3) is 0.467. The number of nitrogens with one attached hydrogen (secondary N) is 1. The van der Waals surface area contributed by atoms with Crippen molar-refractivity contribution in [2.24, 2.45) is 0 Å². The molecule has 0 saturated carbocycles. The Morgan fingerprint density at radius 2 is 2.05 bits per heavy atom. The average molecular weight is 389 g/mol. The van der Waals surface area contributed by atoms with E-state index in [-0.39, 0.29) is 5.54 Å². The van der Waals surface area contributed by atoms with Crippen molar-refractivity contribution in [1.82, 2.24) is 15.5 Å². The summed E-state index contributed by atoms with van der Waals surface area (Å²) < 4.78 is 0.894. The Kier molecular flexibility index (Phi) is 5.77. The number of rotatable bonds is 5. The molecule has 0 atom stereocenters. The van der Waals surface area contributed by atoms with Gasteiger partial charge >= 0.3 is 0 Å². The minimum absolute atomic E-state index is 0.167. The maximum Gasteiger partial charge on any atom is 0.147 e. The second-order valence-electron chi connectivity index (χ2n) is 5.91. The van der Waals surface area contributed by atoms with Gasteiger partial charge in [-0.1, -0.05) is 29.0 Å². The van der Waals surface area contributed by atoms with Gasteiger partial charge in [-0.2, -0.15) is 0 Å². The molecule has 2 aromatic rings. The monoisotopic (exact) mass is 387 g/mol. The highest BCUT2D eigenvalue weighted by Crippen LogP contribution is 2.30. The number of nitrogens with zero attached hydrogens (tertiary/aromatic N) is 2. The number of benzene rings is 1. The fourth-order valence-electron chi connectivity index (χ4n) is 1.80. The zero-order chi connectivity index (χ0) is 15.5. The van der Waals surface area contributed by atoms with Gasteiger partial charge in [0.05, 0.1) is 5.02 Å². The van der Waals surface area contributed by atoms with Gasteiger partial charge in [-0.3, -0.25) is 0 Å². The molecule has 0 fully saturated rings. The summed E-state index contributed by atoms with van der Waals surface area (Å²) >= 11 is 11.1. The maximum absolute atomic E-state index is 6.12. The van der Waals surface area contributed by atoms with Crippen LogP contribution in [-0.2, 0) is 6.42 Å². The Bertz CT molecular complexity index is 607. The predicted octanol–water partition coefficient (Wildman–Crippen LogP) is 4.94. The lowest BCUT2D eigenvalue weighted by molar-refractivity contribution is 0.422. The second kappa shape index (κ2) is 7.18. The summed E-state index contributed by atoms with van der Waals surface area (Å²) in [6, 6.07) is 5.85. The minimum atomic E-state index is 0.167. The van der Waals surface area contributed by atoms with Gasteiger partial charge in [0, 0.05) is 22.0 Å². The van der Waals surface area contributed by atoms with Crippen molar-refractivity contribution in [3.05, 3.63) is 32.7 Å². The summed E-state index contributed by atoms with van der Waals surface area (Å²) in [7, 11) is 0. The summed E-state index contributed by atoms with van der Waals surface area (Å²) in [6.07, 6.45) is 2.01. The zero-order valence-corrected chi connectivity index (χ0v) is 15.6. The molecule has 0 spiro atoms. The fourth-order valence-corrected chi connectivity index (χ4v) is 3.11. The minimum Gasteiger partial charge on any atom is -0.312 e. The van der Waals surface area contributed by atoms with E-state index in [0.717, 1.165) is 39.4 Å². The van der Waals surface area contributed by atoms with Gasteiger partial charge in [-0.25, -0.2) is 0 Å². The first-order chi connectivity index (χ1) is 9.85. The molecular weight excluding hydrogens is 370 g/mol. The summed E-state index contributed by atoms with van der Waals surface area (Å²) in [6.45, 7) is 7.51. The van der Waals surface area contributed by atoms with Crippen LogP contribution in [0.1, 0.15) is 32.2 Å². The van der Waals surface area contributed by atoms with E-state index >= 15 is 0 Å². The molecule has 0 saturated heterocycles. The topological polar surface area (TPSA) is 37.8 Å². The number of hydrogen-bond donors (Lipinski definition) is 1. The van der Waals surface area contributed by atoms with Gasteiger partial charge in [0.1, 0.15) is 10.0 Å². The third-order valence-electron chi connectivity index (χ3n) is 2.86. The van der Waals surface area contributed by atoms with Crippen molar-refractivity contribution in [2.45, 2.75) is 39.2 Å². The maximum atomic E-state index is 6.12. The first-order valence-electron chi connectivity index (χ1n) is 6.88. The van der Waals surface area contributed by atoms with E-state index < -0.39 is 0 Å². The molecule has 0 aliphatic heterocycles. The van der Waals surface area contributed by atoms with Crippen molar-refractivity contribution in [2.75, 3.05) is 6.54 Å². The standard InChI is InChI=1S/C15H19BrClN3S/c1-15(2,3)18-8-4-5-13-19-20-14(21-13)10-6-7-11(16)12(17)9-10/h6-7,9,18H,4-5,8H2,1-3H3. The van der Waals surface area contributed by atoms with Gasteiger partial charge in [0.15, 0.2) is 0 Å². The molecule has 114 valence electrons. The van der Waals surface area contributed by atoms with Gasteiger partial charge in [-0.05, 0) is 61.8 Å². The molecule has 0 bridgehead atoms. The Labute approximate surface area is 143 Å². The number of hydrogen-bond acceptors (Lipinski definition) is 4. The summed E-state index contributed by atoms with van der Waals surface area (Å²) in [4.78, 5) is 0. The van der Waals surface area contributed by atoms with Gasteiger partial charge < -0.3 is 5.32 Å². The molecule has 0 amide bonds. The molecular formula is C15H19BrClN3S. The van der Waals surface area contributed by atoms with Gasteiger partial charge in [-0.15, -0.1) is 10.2 Å². The molecule has 1 aromatic carbocycles. The average Bonchev–Trinajstić information content (AvgIpc) is 2.86. The Hall–Kier alpha value is -0.490. The van der Waals surface area contributed by atoms with Crippen molar-refractivity contribution in [3.8, 4) is 10.6 Å². The SMILES string of the molecule is CC(C)(C)NCCCc1nnc(-c2ccc(Br)c(Cl)c2)s1. The van der Waals surface area contributed by atoms with Crippen molar-refractivity contribution in [3.63, 3.8) is 0 Å². The van der Waals surface area contributed by atoms with E-state index in [0.29, 0.717) is 5.02 Å². The van der Waals surface area contributed by atoms with Crippen molar-refractivity contribution in [1.29, 1.82) is 0 Å². The van der Waals surface area contributed by atoms with E-state index in [1.807, 2.05) is 18.2 Å². The molecule has 1 heterocycles. The first kappa shape index (κ1) is 16.9. The van der Waals surface area contributed by atoms with Crippen LogP contribution in [0.3, 0.4) is 0 Å². The lowest BCUT2D eigenvalue weighted by atomic mass is 10.1. The summed E-state index contributed by atoms with van der Waals surface area (Å²) in [5, 5.41) is 14.7. The number of halogens is 2. The van der Waals surface area contributed by atoms with Gasteiger partial charge in [0.25, 0.3) is 0 Å². The van der Waals surface area contributed by atoms with E-state index in [1.54, 1.807) is 11.3 Å². The smallest absolute Gasteiger partial charge is 0.147 e. The first-order valence-corrected chi connectivity index (χ1v) is 8.87. The van der Waals surface area contributed by atoms with Crippen LogP contribution in [0, 0.1) is 0 Å². The largest absolute Gasteiger partial charge is 0.312 e. The van der Waals surface area contributed by atoms with Crippen LogP contribution < -0.4 is 5.32 Å².